The zero-order chi connectivity index (χ0) is 22.2. The van der Waals surface area contributed by atoms with Crippen molar-refractivity contribution < 1.29 is 14.3 Å². The maximum atomic E-state index is 12.4. The van der Waals surface area contributed by atoms with Crippen molar-refractivity contribution in [2.24, 2.45) is 5.92 Å². The molecular formula is C25H27N3O3. The fraction of sp³-hybridized carbons (Fsp3) is 0.200. The molecule has 0 saturated carbocycles. The molecule has 0 aromatic heterocycles. The normalized spacial score (nSPS) is 10.5. The molecule has 0 aliphatic heterocycles. The predicted molar refractivity (Wildman–Crippen MR) is 125 cm³/mol. The molecule has 0 aliphatic rings. The van der Waals surface area contributed by atoms with Gasteiger partial charge in [0.15, 0.2) is 0 Å². The molecule has 3 rings (SSSR count). The Morgan fingerprint density at radius 3 is 2.29 bits per heavy atom. The molecule has 0 saturated heterocycles. The van der Waals surface area contributed by atoms with Crippen LogP contribution in [0.4, 0.5) is 17.1 Å². The molecule has 160 valence electrons. The van der Waals surface area contributed by atoms with Crippen LogP contribution in [0.25, 0.3) is 0 Å². The second-order valence-electron chi connectivity index (χ2n) is 7.52. The highest BCUT2D eigenvalue weighted by Crippen LogP contribution is 2.24. The van der Waals surface area contributed by atoms with Crippen LogP contribution in [-0.2, 0) is 9.59 Å². The first kappa shape index (κ1) is 21.9. The Kier molecular flexibility index (Phi) is 7.27. The quantitative estimate of drug-likeness (QED) is 0.456. The molecule has 3 aromatic carbocycles. The smallest absolute Gasteiger partial charge is 0.243 e. The van der Waals surface area contributed by atoms with E-state index in [-0.39, 0.29) is 24.3 Å². The third kappa shape index (κ3) is 6.60. The van der Waals surface area contributed by atoms with E-state index in [1.54, 1.807) is 6.07 Å². The number of rotatable bonds is 8. The standard InChI is InChI=1S/C25H27N3O3/c1-17(2)25(30)28-20-13-12-18(3)23(15-20)26-16-24(29)27-19-8-7-11-22(14-19)31-21-9-5-4-6-10-21/h4-15,17,26H,16H2,1-3H3,(H,27,29)(H,28,30). The first-order valence-corrected chi connectivity index (χ1v) is 10.2. The van der Waals surface area contributed by atoms with E-state index in [2.05, 4.69) is 16.0 Å². The molecule has 3 N–H and O–H groups in total. The van der Waals surface area contributed by atoms with Gasteiger partial charge in [-0.3, -0.25) is 9.59 Å². The highest BCUT2D eigenvalue weighted by atomic mass is 16.5. The van der Waals surface area contributed by atoms with Crippen LogP contribution >= 0.6 is 0 Å². The van der Waals surface area contributed by atoms with E-state index < -0.39 is 0 Å². The van der Waals surface area contributed by atoms with Crippen molar-refractivity contribution in [1.29, 1.82) is 0 Å². The predicted octanol–water partition coefficient (Wildman–Crippen LogP) is 5.43. The van der Waals surface area contributed by atoms with Crippen LogP contribution < -0.4 is 20.7 Å². The number of benzene rings is 3. The van der Waals surface area contributed by atoms with Crippen molar-refractivity contribution in [2.75, 3.05) is 22.5 Å². The minimum absolute atomic E-state index is 0.0508. The summed E-state index contributed by atoms with van der Waals surface area (Å²) in [6.45, 7) is 5.71. The van der Waals surface area contributed by atoms with Gasteiger partial charge in [-0.25, -0.2) is 0 Å². The number of carbonyl (C=O) groups is 2. The van der Waals surface area contributed by atoms with Crippen LogP contribution in [0.2, 0.25) is 0 Å². The molecule has 0 heterocycles. The number of hydrogen-bond acceptors (Lipinski definition) is 4. The maximum Gasteiger partial charge on any atom is 0.243 e. The van der Waals surface area contributed by atoms with Gasteiger partial charge >= 0.3 is 0 Å². The van der Waals surface area contributed by atoms with Gasteiger partial charge < -0.3 is 20.7 Å². The molecule has 0 spiro atoms. The summed E-state index contributed by atoms with van der Waals surface area (Å²) in [6, 6.07) is 22.3. The van der Waals surface area contributed by atoms with E-state index in [1.165, 1.54) is 0 Å². The molecule has 6 heteroatoms. The highest BCUT2D eigenvalue weighted by molar-refractivity contribution is 5.95. The van der Waals surface area contributed by atoms with Crippen molar-refractivity contribution in [3.05, 3.63) is 78.4 Å². The zero-order valence-corrected chi connectivity index (χ0v) is 17.9. The van der Waals surface area contributed by atoms with Crippen molar-refractivity contribution in [2.45, 2.75) is 20.8 Å². The lowest BCUT2D eigenvalue weighted by Crippen LogP contribution is -2.22. The summed E-state index contributed by atoms with van der Waals surface area (Å²) in [7, 11) is 0. The van der Waals surface area contributed by atoms with Gasteiger partial charge in [-0.15, -0.1) is 0 Å². The first-order valence-electron chi connectivity index (χ1n) is 10.2. The molecular weight excluding hydrogens is 390 g/mol. The Morgan fingerprint density at radius 2 is 1.55 bits per heavy atom. The molecule has 0 fully saturated rings. The molecule has 0 bridgehead atoms. The summed E-state index contributed by atoms with van der Waals surface area (Å²) in [5.74, 6) is 1.03. The topological polar surface area (TPSA) is 79.5 Å². The van der Waals surface area contributed by atoms with Gasteiger partial charge in [-0.05, 0) is 48.9 Å². The van der Waals surface area contributed by atoms with Gasteiger partial charge in [0.05, 0.1) is 6.54 Å². The van der Waals surface area contributed by atoms with E-state index in [4.69, 9.17) is 4.74 Å². The van der Waals surface area contributed by atoms with E-state index >= 15 is 0 Å². The van der Waals surface area contributed by atoms with Crippen LogP contribution in [0.5, 0.6) is 11.5 Å². The Balaban J connectivity index is 1.58. The number of ether oxygens (including phenoxy) is 1. The summed E-state index contributed by atoms with van der Waals surface area (Å²) in [5, 5.41) is 8.87. The zero-order valence-electron chi connectivity index (χ0n) is 17.9. The molecule has 31 heavy (non-hydrogen) atoms. The summed E-state index contributed by atoms with van der Waals surface area (Å²) in [5.41, 5.74) is 3.11. The van der Waals surface area contributed by atoms with Crippen LogP contribution in [0.15, 0.2) is 72.8 Å². The maximum absolute atomic E-state index is 12.4. The van der Waals surface area contributed by atoms with E-state index in [9.17, 15) is 9.59 Å². The fourth-order valence-corrected chi connectivity index (χ4v) is 2.82. The van der Waals surface area contributed by atoms with Gasteiger partial charge in [0.2, 0.25) is 11.8 Å². The highest BCUT2D eigenvalue weighted by Gasteiger charge is 2.09. The van der Waals surface area contributed by atoms with Gasteiger partial charge in [-0.2, -0.15) is 0 Å². The van der Waals surface area contributed by atoms with Crippen LogP contribution in [-0.4, -0.2) is 18.4 Å². The number of nitrogens with one attached hydrogen (secondary N) is 3. The summed E-state index contributed by atoms with van der Waals surface area (Å²) in [4.78, 5) is 24.3. The lowest BCUT2D eigenvalue weighted by atomic mass is 10.1. The summed E-state index contributed by atoms with van der Waals surface area (Å²) in [6.07, 6.45) is 0. The van der Waals surface area contributed by atoms with Crippen molar-refractivity contribution in [3.8, 4) is 11.5 Å². The minimum Gasteiger partial charge on any atom is -0.457 e. The number of anilines is 3. The van der Waals surface area contributed by atoms with Crippen LogP contribution in [0.3, 0.4) is 0 Å². The fourth-order valence-electron chi connectivity index (χ4n) is 2.82. The van der Waals surface area contributed by atoms with E-state index in [1.807, 2.05) is 87.5 Å². The van der Waals surface area contributed by atoms with Crippen LogP contribution in [0.1, 0.15) is 19.4 Å². The van der Waals surface area contributed by atoms with Crippen LogP contribution in [0, 0.1) is 12.8 Å². The van der Waals surface area contributed by atoms with Gasteiger partial charge in [-0.1, -0.05) is 44.2 Å². The molecule has 6 nitrogen and oxygen atoms in total. The molecule has 0 radical (unpaired) electrons. The molecule has 0 aliphatic carbocycles. The average molecular weight is 418 g/mol. The van der Waals surface area contributed by atoms with Crippen molar-refractivity contribution in [1.82, 2.24) is 0 Å². The third-order valence-electron chi connectivity index (χ3n) is 4.57. The molecule has 2 amide bonds. The number of aryl methyl sites for hydroxylation is 1. The lowest BCUT2D eigenvalue weighted by Gasteiger charge is -2.14. The Hall–Kier alpha value is -3.80. The van der Waals surface area contributed by atoms with Gasteiger partial charge in [0.25, 0.3) is 0 Å². The number of hydrogen-bond donors (Lipinski definition) is 3. The molecule has 0 unspecified atom stereocenters. The Morgan fingerprint density at radius 1 is 0.839 bits per heavy atom. The largest absolute Gasteiger partial charge is 0.457 e. The molecule has 0 atom stereocenters. The van der Waals surface area contributed by atoms with Crippen molar-refractivity contribution >= 4 is 28.9 Å². The number of carbonyl (C=O) groups excluding carboxylic acids is 2. The first-order chi connectivity index (χ1) is 14.9. The number of para-hydroxylation sites is 1. The van der Waals surface area contributed by atoms with Crippen molar-refractivity contribution in [3.63, 3.8) is 0 Å². The van der Waals surface area contributed by atoms with Gasteiger partial charge in [0.1, 0.15) is 11.5 Å². The minimum atomic E-state index is -0.187. The van der Waals surface area contributed by atoms with Gasteiger partial charge in [0, 0.05) is 29.0 Å². The Bertz CT molecular complexity index is 1050. The number of amides is 2. The summed E-state index contributed by atoms with van der Waals surface area (Å²) >= 11 is 0. The van der Waals surface area contributed by atoms with E-state index in [0.29, 0.717) is 17.1 Å². The third-order valence-corrected chi connectivity index (χ3v) is 4.57. The second kappa shape index (κ2) is 10.3. The molecule has 3 aromatic rings. The SMILES string of the molecule is Cc1ccc(NC(=O)C(C)C)cc1NCC(=O)Nc1cccc(Oc2ccccc2)c1. The summed E-state index contributed by atoms with van der Waals surface area (Å²) < 4.78 is 5.81. The lowest BCUT2D eigenvalue weighted by molar-refractivity contribution is -0.119. The second-order valence-corrected chi connectivity index (χ2v) is 7.52. The average Bonchev–Trinajstić information content (AvgIpc) is 2.75. The monoisotopic (exact) mass is 417 g/mol. The Labute approximate surface area is 182 Å². The van der Waals surface area contributed by atoms with E-state index in [0.717, 1.165) is 17.0 Å².